The number of amides is 1. The molecule has 1 aromatic carbocycles. The van der Waals surface area contributed by atoms with Crippen molar-refractivity contribution in [3.05, 3.63) is 35.6 Å². The summed E-state index contributed by atoms with van der Waals surface area (Å²) < 4.78 is 29.6. The van der Waals surface area contributed by atoms with E-state index in [-0.39, 0.29) is 23.8 Å². The van der Waals surface area contributed by atoms with Crippen molar-refractivity contribution in [3.63, 3.8) is 0 Å². The van der Waals surface area contributed by atoms with Gasteiger partial charge in [-0.1, -0.05) is 37.3 Å². The summed E-state index contributed by atoms with van der Waals surface area (Å²) in [5, 5.41) is 9.61. The molecule has 152 valence electrons. The minimum absolute atomic E-state index is 0.211. The SMILES string of the molecule is C[C@H](N(CC/C(=N/[S+]([O-])C(C)(C)C)c1ccc(F)cc1)C(=O)O)C(C)(C)C. The summed E-state index contributed by atoms with van der Waals surface area (Å²) in [4.78, 5) is 13.1. The minimum Gasteiger partial charge on any atom is -0.591 e. The number of hydrogen-bond acceptors (Lipinski definition) is 3. The van der Waals surface area contributed by atoms with Gasteiger partial charge in [0.1, 0.15) is 27.6 Å². The highest BCUT2D eigenvalue weighted by Gasteiger charge is 2.31. The van der Waals surface area contributed by atoms with Gasteiger partial charge in [-0.05, 0) is 45.2 Å². The van der Waals surface area contributed by atoms with Gasteiger partial charge in [0.2, 0.25) is 0 Å². The van der Waals surface area contributed by atoms with Gasteiger partial charge in [0.05, 0.1) is 0 Å². The van der Waals surface area contributed by atoms with E-state index in [0.29, 0.717) is 17.7 Å². The Bertz CT molecular complexity index is 663. The maximum absolute atomic E-state index is 13.3. The maximum atomic E-state index is 13.3. The number of carbonyl (C=O) groups is 1. The van der Waals surface area contributed by atoms with E-state index >= 15 is 0 Å². The van der Waals surface area contributed by atoms with Crippen LogP contribution in [0.1, 0.15) is 60.5 Å². The Hall–Kier alpha value is -1.60. The number of nitrogens with zero attached hydrogens (tertiary/aromatic N) is 2. The van der Waals surface area contributed by atoms with Crippen molar-refractivity contribution in [1.82, 2.24) is 4.90 Å². The fourth-order valence-electron chi connectivity index (χ4n) is 2.27. The molecule has 1 aromatic rings. The van der Waals surface area contributed by atoms with Crippen LogP contribution in [0.25, 0.3) is 0 Å². The van der Waals surface area contributed by atoms with Crippen LogP contribution >= 0.6 is 0 Å². The molecule has 5 nitrogen and oxygen atoms in total. The van der Waals surface area contributed by atoms with Gasteiger partial charge in [-0.3, -0.25) is 0 Å². The second-order valence-corrected chi connectivity index (χ2v) is 10.6. The van der Waals surface area contributed by atoms with E-state index in [1.54, 1.807) is 12.1 Å². The molecule has 27 heavy (non-hydrogen) atoms. The summed E-state index contributed by atoms with van der Waals surface area (Å²) in [5.74, 6) is -0.372. The van der Waals surface area contributed by atoms with Gasteiger partial charge in [-0.25, -0.2) is 9.18 Å². The first-order valence-electron chi connectivity index (χ1n) is 8.98. The van der Waals surface area contributed by atoms with E-state index in [4.69, 9.17) is 0 Å². The first kappa shape index (κ1) is 23.4. The third-order valence-electron chi connectivity index (χ3n) is 4.45. The second kappa shape index (κ2) is 9.06. The Morgan fingerprint density at radius 1 is 1.22 bits per heavy atom. The molecule has 0 heterocycles. The normalized spacial score (nSPS) is 15.4. The molecule has 0 aromatic heterocycles. The van der Waals surface area contributed by atoms with E-state index in [2.05, 4.69) is 4.40 Å². The van der Waals surface area contributed by atoms with Gasteiger partial charge in [-0.2, -0.15) is 0 Å². The van der Waals surface area contributed by atoms with Crippen LogP contribution in [-0.2, 0) is 11.4 Å². The van der Waals surface area contributed by atoms with Gasteiger partial charge in [0.15, 0.2) is 0 Å². The van der Waals surface area contributed by atoms with E-state index < -0.39 is 22.2 Å². The zero-order valence-electron chi connectivity index (χ0n) is 17.2. The largest absolute Gasteiger partial charge is 0.591 e. The quantitative estimate of drug-likeness (QED) is 0.548. The smallest absolute Gasteiger partial charge is 0.407 e. The summed E-state index contributed by atoms with van der Waals surface area (Å²) >= 11 is -1.50. The molecule has 0 aliphatic carbocycles. The Morgan fingerprint density at radius 3 is 2.15 bits per heavy atom. The molecular weight excluding hydrogens is 367 g/mol. The highest BCUT2D eigenvalue weighted by molar-refractivity contribution is 7.91. The number of hydrogen-bond donors (Lipinski definition) is 1. The monoisotopic (exact) mass is 398 g/mol. The lowest BCUT2D eigenvalue weighted by Gasteiger charge is -2.36. The van der Waals surface area contributed by atoms with Crippen LogP contribution in [-0.4, -0.2) is 43.7 Å². The molecule has 1 unspecified atom stereocenters. The van der Waals surface area contributed by atoms with E-state index in [9.17, 15) is 18.8 Å². The molecular formula is C20H31FN2O3S. The minimum atomic E-state index is -1.50. The van der Waals surface area contributed by atoms with Gasteiger partial charge < -0.3 is 14.6 Å². The molecule has 0 aliphatic heterocycles. The summed E-state index contributed by atoms with van der Waals surface area (Å²) in [7, 11) is 0. The van der Waals surface area contributed by atoms with Crippen LogP contribution in [0.3, 0.4) is 0 Å². The van der Waals surface area contributed by atoms with Gasteiger partial charge >= 0.3 is 6.09 Å². The molecule has 0 radical (unpaired) electrons. The lowest BCUT2D eigenvalue weighted by atomic mass is 9.87. The molecule has 1 N–H and O–H groups in total. The van der Waals surface area contributed by atoms with Crippen LogP contribution in [0.5, 0.6) is 0 Å². The zero-order chi connectivity index (χ0) is 21.0. The average molecular weight is 399 g/mol. The molecule has 0 saturated heterocycles. The number of benzene rings is 1. The van der Waals surface area contributed by atoms with Crippen molar-refractivity contribution in [2.24, 2.45) is 9.81 Å². The van der Waals surface area contributed by atoms with Crippen molar-refractivity contribution in [1.29, 1.82) is 0 Å². The molecule has 1 amide bonds. The van der Waals surface area contributed by atoms with Crippen molar-refractivity contribution < 1.29 is 18.8 Å². The van der Waals surface area contributed by atoms with Gasteiger partial charge in [0.25, 0.3) is 0 Å². The highest BCUT2D eigenvalue weighted by atomic mass is 32.2. The van der Waals surface area contributed by atoms with Crippen LogP contribution in [0.2, 0.25) is 0 Å². The molecule has 0 saturated carbocycles. The van der Waals surface area contributed by atoms with E-state index in [0.717, 1.165) is 0 Å². The second-order valence-electron chi connectivity index (χ2n) is 8.67. The fraction of sp³-hybridized carbons (Fsp3) is 0.600. The third-order valence-corrected chi connectivity index (χ3v) is 5.88. The fourth-order valence-corrected chi connectivity index (χ4v) is 2.94. The van der Waals surface area contributed by atoms with Crippen molar-refractivity contribution in [2.45, 2.75) is 65.7 Å². The van der Waals surface area contributed by atoms with Crippen molar-refractivity contribution >= 4 is 23.2 Å². The average Bonchev–Trinajstić information content (AvgIpc) is 2.52. The predicted molar refractivity (Wildman–Crippen MR) is 109 cm³/mol. The van der Waals surface area contributed by atoms with Gasteiger partial charge in [-0.15, -0.1) is 0 Å². The zero-order valence-corrected chi connectivity index (χ0v) is 18.1. The molecule has 2 atom stereocenters. The summed E-state index contributed by atoms with van der Waals surface area (Å²) in [6.07, 6.45) is -0.715. The Morgan fingerprint density at radius 2 is 1.74 bits per heavy atom. The lowest BCUT2D eigenvalue weighted by Crippen LogP contribution is -2.46. The highest BCUT2D eigenvalue weighted by Crippen LogP contribution is 2.25. The molecule has 0 spiro atoms. The summed E-state index contributed by atoms with van der Waals surface area (Å²) in [6, 6.07) is 5.57. The number of halogens is 1. The molecule has 0 bridgehead atoms. The molecule has 1 rings (SSSR count). The first-order valence-corrected chi connectivity index (χ1v) is 10.1. The van der Waals surface area contributed by atoms with E-state index in [1.165, 1.54) is 17.0 Å². The standard InChI is InChI=1S/C20H31FN2O3S/c1-14(19(2,3)4)23(18(24)25)13-12-17(22-27(26)20(5,6)7)15-8-10-16(21)11-9-15/h8-11,14H,12-13H2,1-7H3,(H,24,25)/b22-17-/t14-,27?/m0/s1. The molecule has 7 heteroatoms. The van der Waals surface area contributed by atoms with Crippen LogP contribution in [0.4, 0.5) is 9.18 Å². The topological polar surface area (TPSA) is 76.0 Å². The lowest BCUT2D eigenvalue weighted by molar-refractivity contribution is 0.0922. The summed E-state index contributed by atoms with van der Waals surface area (Å²) in [6.45, 7) is 13.5. The Kier molecular flexibility index (Phi) is 7.87. The van der Waals surface area contributed by atoms with Crippen molar-refractivity contribution in [2.75, 3.05) is 6.54 Å². The maximum Gasteiger partial charge on any atom is 0.407 e. The Balaban J connectivity index is 3.15. The summed E-state index contributed by atoms with van der Waals surface area (Å²) in [5.41, 5.74) is 0.929. The Labute approximate surface area is 165 Å². The number of carboxylic acid groups (broad SMARTS) is 1. The van der Waals surface area contributed by atoms with Gasteiger partial charge in [0, 0.05) is 24.6 Å². The van der Waals surface area contributed by atoms with E-state index in [1.807, 2.05) is 48.5 Å². The number of rotatable bonds is 6. The van der Waals surface area contributed by atoms with Crippen LogP contribution in [0.15, 0.2) is 28.7 Å². The van der Waals surface area contributed by atoms with Crippen LogP contribution in [0, 0.1) is 11.2 Å². The van der Waals surface area contributed by atoms with Crippen molar-refractivity contribution in [3.8, 4) is 0 Å². The third kappa shape index (κ3) is 7.14. The van der Waals surface area contributed by atoms with Crippen LogP contribution < -0.4 is 0 Å². The predicted octanol–water partition coefficient (Wildman–Crippen LogP) is 4.88. The first-order chi connectivity index (χ1) is 12.2. The molecule has 0 fully saturated rings. The molecule has 0 aliphatic rings.